The summed E-state index contributed by atoms with van der Waals surface area (Å²) in [6.45, 7) is 3.02. The average Bonchev–Trinajstić information content (AvgIpc) is 2.92. The van der Waals surface area contributed by atoms with Crippen molar-refractivity contribution in [2.75, 3.05) is 33.7 Å². The van der Waals surface area contributed by atoms with Crippen LogP contribution in [0.1, 0.15) is 25.2 Å². The summed E-state index contributed by atoms with van der Waals surface area (Å²) < 4.78 is 5.40. The van der Waals surface area contributed by atoms with E-state index in [2.05, 4.69) is 15.0 Å². The van der Waals surface area contributed by atoms with Gasteiger partial charge < -0.3 is 14.5 Å². The minimum Gasteiger partial charge on any atom is -0.389 e. The van der Waals surface area contributed by atoms with Crippen molar-refractivity contribution in [3.8, 4) is 11.4 Å². The molecule has 0 amide bonds. The summed E-state index contributed by atoms with van der Waals surface area (Å²) in [4.78, 5) is 8.78. The molecule has 3 rings (SSSR count). The number of likely N-dealkylation sites (tertiary alicyclic amines) is 1. The highest BCUT2D eigenvalue weighted by molar-refractivity contribution is 6.33. The first kappa shape index (κ1) is 18.3. The molecule has 7 heteroatoms. The summed E-state index contributed by atoms with van der Waals surface area (Å²) in [7, 11) is 3.99. The summed E-state index contributed by atoms with van der Waals surface area (Å²) >= 11 is 6.19. The Morgan fingerprint density at radius 2 is 2.08 bits per heavy atom. The van der Waals surface area contributed by atoms with Crippen LogP contribution in [0.25, 0.3) is 11.4 Å². The second-order valence-electron chi connectivity index (χ2n) is 7.08. The topological polar surface area (TPSA) is 65.6 Å². The fourth-order valence-corrected chi connectivity index (χ4v) is 3.62. The highest BCUT2D eigenvalue weighted by atomic mass is 35.5. The molecule has 1 saturated heterocycles. The smallest absolute Gasteiger partial charge is 0.241 e. The summed E-state index contributed by atoms with van der Waals surface area (Å²) in [5.74, 6) is 1.09. The molecule has 136 valence electrons. The lowest BCUT2D eigenvalue weighted by molar-refractivity contribution is 0.00238. The zero-order valence-electron chi connectivity index (χ0n) is 14.8. The molecule has 6 nitrogen and oxygen atoms in total. The second kappa shape index (κ2) is 7.83. The number of likely N-dealkylation sites (N-methyl/N-ethyl adjacent to an activating group) is 1. The molecule has 1 atom stereocenters. The molecule has 2 aromatic rings. The molecule has 1 aliphatic heterocycles. The van der Waals surface area contributed by atoms with Gasteiger partial charge in [0.25, 0.3) is 0 Å². The number of hydrogen-bond donors (Lipinski definition) is 1. The van der Waals surface area contributed by atoms with Gasteiger partial charge in [0.2, 0.25) is 11.7 Å². The fourth-order valence-electron chi connectivity index (χ4n) is 3.40. The van der Waals surface area contributed by atoms with Gasteiger partial charge in [-0.1, -0.05) is 28.9 Å². The maximum absolute atomic E-state index is 10.8. The Morgan fingerprint density at radius 3 is 2.84 bits per heavy atom. The Kier molecular flexibility index (Phi) is 5.74. The van der Waals surface area contributed by atoms with Gasteiger partial charge in [0.15, 0.2) is 0 Å². The Morgan fingerprint density at radius 1 is 1.28 bits per heavy atom. The molecule has 1 N–H and O–H groups in total. The van der Waals surface area contributed by atoms with E-state index in [-0.39, 0.29) is 0 Å². The number of rotatable bonds is 5. The van der Waals surface area contributed by atoms with Crippen LogP contribution in [0.3, 0.4) is 0 Å². The third-order valence-electron chi connectivity index (χ3n) is 4.56. The molecular formula is C18H25ClN4O2. The van der Waals surface area contributed by atoms with Gasteiger partial charge in [0.05, 0.1) is 17.2 Å². The summed E-state index contributed by atoms with van der Waals surface area (Å²) in [6.07, 6.45) is 2.52. The molecule has 2 heterocycles. The zero-order valence-corrected chi connectivity index (χ0v) is 15.5. The molecular weight excluding hydrogens is 340 g/mol. The van der Waals surface area contributed by atoms with Gasteiger partial charge in [-0.3, -0.25) is 4.90 Å². The lowest BCUT2D eigenvalue weighted by atomic mass is 9.94. The first-order chi connectivity index (χ1) is 12.0. The van der Waals surface area contributed by atoms with E-state index in [4.69, 9.17) is 16.1 Å². The summed E-state index contributed by atoms with van der Waals surface area (Å²) in [6, 6.07) is 7.47. The number of hydrogen-bond acceptors (Lipinski definition) is 6. The maximum Gasteiger partial charge on any atom is 0.241 e. The molecule has 1 unspecified atom stereocenters. The molecule has 0 aliphatic carbocycles. The predicted octanol–water partition coefficient (Wildman–Crippen LogP) is 2.67. The van der Waals surface area contributed by atoms with Gasteiger partial charge in [-0.25, -0.2) is 0 Å². The van der Waals surface area contributed by atoms with Crippen LogP contribution < -0.4 is 0 Å². The third kappa shape index (κ3) is 4.79. The van der Waals surface area contributed by atoms with Crippen molar-refractivity contribution < 1.29 is 9.63 Å². The van der Waals surface area contributed by atoms with E-state index in [0.29, 0.717) is 29.8 Å². The van der Waals surface area contributed by atoms with Crippen LogP contribution in [0.15, 0.2) is 28.8 Å². The molecule has 0 spiro atoms. The monoisotopic (exact) mass is 364 g/mol. The molecule has 1 aliphatic rings. The summed E-state index contributed by atoms with van der Waals surface area (Å²) in [5.41, 5.74) is 0.158. The van der Waals surface area contributed by atoms with E-state index in [0.717, 1.165) is 37.9 Å². The molecule has 0 bridgehead atoms. The van der Waals surface area contributed by atoms with Crippen LogP contribution in [0.2, 0.25) is 5.02 Å². The van der Waals surface area contributed by atoms with Crippen molar-refractivity contribution in [1.29, 1.82) is 0 Å². The Labute approximate surface area is 153 Å². The predicted molar refractivity (Wildman–Crippen MR) is 97.4 cm³/mol. The third-order valence-corrected chi connectivity index (χ3v) is 4.89. The van der Waals surface area contributed by atoms with Crippen LogP contribution in [0.4, 0.5) is 0 Å². The van der Waals surface area contributed by atoms with Crippen molar-refractivity contribution >= 4 is 11.6 Å². The van der Waals surface area contributed by atoms with Crippen LogP contribution >= 0.6 is 11.6 Å². The Hall–Kier alpha value is -1.47. The van der Waals surface area contributed by atoms with Crippen molar-refractivity contribution in [2.45, 2.75) is 31.4 Å². The Balaban J connectivity index is 1.63. The number of benzene rings is 1. The Bertz CT molecular complexity index is 706. The zero-order chi connectivity index (χ0) is 17.9. The van der Waals surface area contributed by atoms with Crippen LogP contribution in [0.5, 0.6) is 0 Å². The summed E-state index contributed by atoms with van der Waals surface area (Å²) in [5, 5.41) is 15.4. The highest BCUT2D eigenvalue weighted by Crippen LogP contribution is 2.26. The van der Waals surface area contributed by atoms with Crippen molar-refractivity contribution in [1.82, 2.24) is 19.9 Å². The SMILES string of the molecule is CN(C)CC1(O)CCCN(Cc2nc(-c3ccccc3Cl)no2)CC1. The molecule has 0 saturated carbocycles. The molecule has 25 heavy (non-hydrogen) atoms. The van der Waals surface area contributed by atoms with Gasteiger partial charge in [-0.15, -0.1) is 0 Å². The van der Waals surface area contributed by atoms with E-state index in [9.17, 15) is 5.11 Å². The lowest BCUT2D eigenvalue weighted by Crippen LogP contribution is -2.40. The largest absolute Gasteiger partial charge is 0.389 e. The molecule has 1 aromatic heterocycles. The van der Waals surface area contributed by atoms with E-state index < -0.39 is 5.60 Å². The van der Waals surface area contributed by atoms with Gasteiger partial charge in [0.1, 0.15) is 0 Å². The number of aromatic nitrogens is 2. The van der Waals surface area contributed by atoms with Crippen LogP contribution in [0, 0.1) is 0 Å². The van der Waals surface area contributed by atoms with E-state index in [1.165, 1.54) is 0 Å². The van der Waals surface area contributed by atoms with Crippen LogP contribution in [-0.2, 0) is 6.54 Å². The first-order valence-corrected chi connectivity index (χ1v) is 9.00. The standard InChI is InChI=1S/C18H25ClN4O2/c1-22(2)13-18(24)8-5-10-23(11-9-18)12-16-20-17(21-25-16)14-6-3-4-7-15(14)19/h3-4,6-7,24H,5,8-13H2,1-2H3. The minimum absolute atomic E-state index is 0.513. The van der Waals surface area contributed by atoms with Gasteiger partial charge in [-0.2, -0.15) is 4.98 Å². The number of aliphatic hydroxyl groups is 1. The molecule has 0 radical (unpaired) electrons. The van der Waals surface area contributed by atoms with Crippen molar-refractivity contribution in [2.24, 2.45) is 0 Å². The average molecular weight is 365 g/mol. The van der Waals surface area contributed by atoms with Gasteiger partial charge in [-0.05, 0) is 52.0 Å². The quantitative estimate of drug-likeness (QED) is 0.879. The number of nitrogens with zero attached hydrogens (tertiary/aromatic N) is 4. The maximum atomic E-state index is 10.8. The van der Waals surface area contributed by atoms with Crippen molar-refractivity contribution in [3.63, 3.8) is 0 Å². The van der Waals surface area contributed by atoms with Crippen molar-refractivity contribution in [3.05, 3.63) is 35.2 Å². The van der Waals surface area contributed by atoms with Gasteiger partial charge in [0, 0.05) is 18.7 Å². The normalized spacial score (nSPS) is 22.3. The van der Waals surface area contributed by atoms with E-state index in [1.54, 1.807) is 0 Å². The molecule has 1 aromatic carbocycles. The fraction of sp³-hybridized carbons (Fsp3) is 0.556. The second-order valence-corrected chi connectivity index (χ2v) is 7.49. The highest BCUT2D eigenvalue weighted by Gasteiger charge is 2.31. The van der Waals surface area contributed by atoms with E-state index >= 15 is 0 Å². The van der Waals surface area contributed by atoms with Gasteiger partial charge >= 0.3 is 0 Å². The van der Waals surface area contributed by atoms with E-state index in [1.807, 2.05) is 43.3 Å². The first-order valence-electron chi connectivity index (χ1n) is 8.62. The van der Waals surface area contributed by atoms with Crippen LogP contribution in [-0.4, -0.2) is 64.4 Å². The lowest BCUT2D eigenvalue weighted by Gasteiger charge is -2.29. The molecule has 1 fully saturated rings. The number of halogens is 1. The minimum atomic E-state index is -0.615.